The number of para-hydroxylation sites is 1. The van der Waals surface area contributed by atoms with E-state index in [1.54, 1.807) is 6.07 Å². The predicted molar refractivity (Wildman–Crippen MR) is 68.4 cm³/mol. The number of hydrogen-bond donors (Lipinski definition) is 0. The molecule has 0 bridgehead atoms. The van der Waals surface area contributed by atoms with Crippen molar-refractivity contribution in [3.05, 3.63) is 54.1 Å². The molecule has 1 aromatic rings. The molecule has 0 saturated carbocycles. The van der Waals surface area contributed by atoms with Gasteiger partial charge in [-0.25, -0.2) is 0 Å². The Bertz CT molecular complexity index is 460. The van der Waals surface area contributed by atoms with Crippen molar-refractivity contribution < 1.29 is 9.53 Å². The third-order valence-corrected chi connectivity index (χ3v) is 3.07. The maximum atomic E-state index is 10.9. The van der Waals surface area contributed by atoms with Gasteiger partial charge in [0, 0.05) is 6.42 Å². The van der Waals surface area contributed by atoms with Gasteiger partial charge >= 0.3 is 0 Å². The van der Waals surface area contributed by atoms with Crippen molar-refractivity contribution in [3.8, 4) is 5.75 Å². The second-order valence-corrected chi connectivity index (χ2v) is 4.17. The highest BCUT2D eigenvalue weighted by Crippen LogP contribution is 2.30. The fraction of sp³-hybridized carbons (Fsp3) is 0.267. The molecule has 0 fully saturated rings. The molecule has 0 saturated heterocycles. The summed E-state index contributed by atoms with van der Waals surface area (Å²) >= 11 is 0. The van der Waals surface area contributed by atoms with E-state index in [-0.39, 0.29) is 5.60 Å². The summed E-state index contributed by atoms with van der Waals surface area (Å²) in [5.41, 5.74) is 0.289. The fourth-order valence-corrected chi connectivity index (χ4v) is 1.94. The number of allylic oxidation sites excluding steroid dienone is 2. The minimum Gasteiger partial charge on any atom is -0.482 e. The lowest BCUT2D eigenvalue weighted by atomic mass is 9.92. The molecular weight excluding hydrogens is 212 g/mol. The van der Waals surface area contributed by atoms with E-state index >= 15 is 0 Å². The SMILES string of the molecule is CCC1(Oc2ccccc2C=O)C=CC=CC1. The minimum absolute atomic E-state index is 0.312. The van der Waals surface area contributed by atoms with Gasteiger partial charge in [0.15, 0.2) is 6.29 Å². The van der Waals surface area contributed by atoms with Crippen molar-refractivity contribution in [1.82, 2.24) is 0 Å². The highest BCUT2D eigenvalue weighted by molar-refractivity contribution is 5.79. The number of carbonyl (C=O) groups excluding carboxylic acids is 1. The number of aldehydes is 1. The maximum absolute atomic E-state index is 10.9. The topological polar surface area (TPSA) is 26.3 Å². The van der Waals surface area contributed by atoms with E-state index in [4.69, 9.17) is 4.74 Å². The van der Waals surface area contributed by atoms with E-state index in [9.17, 15) is 4.79 Å². The molecule has 1 atom stereocenters. The van der Waals surface area contributed by atoms with Crippen LogP contribution in [0.5, 0.6) is 5.75 Å². The van der Waals surface area contributed by atoms with Gasteiger partial charge in [-0.2, -0.15) is 0 Å². The summed E-state index contributed by atoms with van der Waals surface area (Å²) < 4.78 is 6.04. The molecule has 1 aromatic carbocycles. The number of rotatable bonds is 4. The van der Waals surface area contributed by atoms with Crippen LogP contribution < -0.4 is 4.74 Å². The Morgan fingerprint density at radius 3 is 2.82 bits per heavy atom. The van der Waals surface area contributed by atoms with Crippen LogP contribution in [0, 0.1) is 0 Å². The minimum atomic E-state index is -0.312. The van der Waals surface area contributed by atoms with E-state index in [1.165, 1.54) is 0 Å². The first-order valence-corrected chi connectivity index (χ1v) is 5.87. The molecule has 0 aliphatic heterocycles. The van der Waals surface area contributed by atoms with Gasteiger partial charge in [0.05, 0.1) is 5.56 Å². The van der Waals surface area contributed by atoms with Crippen molar-refractivity contribution in [2.24, 2.45) is 0 Å². The first-order valence-electron chi connectivity index (χ1n) is 5.87. The lowest BCUT2D eigenvalue weighted by molar-refractivity contribution is 0.106. The van der Waals surface area contributed by atoms with Crippen LogP contribution in [0.4, 0.5) is 0 Å². The first kappa shape index (κ1) is 11.6. The van der Waals surface area contributed by atoms with E-state index < -0.39 is 0 Å². The Kier molecular flexibility index (Phi) is 3.43. The highest BCUT2D eigenvalue weighted by atomic mass is 16.5. The molecule has 0 spiro atoms. The predicted octanol–water partition coefficient (Wildman–Crippen LogP) is 3.54. The van der Waals surface area contributed by atoms with E-state index in [0.717, 1.165) is 19.1 Å². The van der Waals surface area contributed by atoms with Crippen LogP contribution in [0.2, 0.25) is 0 Å². The summed E-state index contributed by atoms with van der Waals surface area (Å²) in [6.07, 6.45) is 10.7. The highest BCUT2D eigenvalue weighted by Gasteiger charge is 2.27. The number of benzene rings is 1. The van der Waals surface area contributed by atoms with Crippen molar-refractivity contribution in [2.45, 2.75) is 25.4 Å². The summed E-state index contributed by atoms with van der Waals surface area (Å²) in [6.45, 7) is 2.09. The largest absolute Gasteiger partial charge is 0.482 e. The Hall–Kier alpha value is -1.83. The van der Waals surface area contributed by atoms with Crippen LogP contribution in [0.1, 0.15) is 30.1 Å². The molecule has 1 unspecified atom stereocenters. The molecule has 0 aromatic heterocycles. The van der Waals surface area contributed by atoms with Gasteiger partial charge in [-0.3, -0.25) is 4.79 Å². The van der Waals surface area contributed by atoms with Crippen molar-refractivity contribution in [1.29, 1.82) is 0 Å². The first-order chi connectivity index (χ1) is 8.29. The van der Waals surface area contributed by atoms with Crippen molar-refractivity contribution >= 4 is 6.29 Å². The van der Waals surface area contributed by atoms with Gasteiger partial charge < -0.3 is 4.74 Å². The summed E-state index contributed by atoms with van der Waals surface area (Å²) in [5.74, 6) is 0.657. The van der Waals surface area contributed by atoms with Crippen LogP contribution in [0.25, 0.3) is 0 Å². The normalized spacial score (nSPS) is 22.4. The second kappa shape index (κ2) is 5.00. The van der Waals surface area contributed by atoms with Crippen LogP contribution in [0.3, 0.4) is 0 Å². The second-order valence-electron chi connectivity index (χ2n) is 4.17. The molecule has 0 radical (unpaired) electrons. The average molecular weight is 228 g/mol. The number of hydrogen-bond acceptors (Lipinski definition) is 2. The Morgan fingerprint density at radius 1 is 1.35 bits per heavy atom. The lowest BCUT2D eigenvalue weighted by Crippen LogP contribution is -2.33. The molecule has 0 amide bonds. The zero-order valence-electron chi connectivity index (χ0n) is 9.93. The maximum Gasteiger partial charge on any atom is 0.153 e. The summed E-state index contributed by atoms with van der Waals surface area (Å²) in [6, 6.07) is 7.33. The molecule has 2 nitrogen and oxygen atoms in total. The standard InChI is InChI=1S/C15H16O2/c1-2-15(10-6-3-7-11-15)17-14-9-5-4-8-13(14)12-16/h3-10,12H,2,11H2,1H3. The zero-order valence-corrected chi connectivity index (χ0v) is 9.93. The van der Waals surface area contributed by atoms with Crippen LogP contribution in [-0.4, -0.2) is 11.9 Å². The third kappa shape index (κ3) is 2.47. The molecule has 0 heterocycles. The summed E-state index contributed by atoms with van der Waals surface area (Å²) in [7, 11) is 0. The summed E-state index contributed by atoms with van der Waals surface area (Å²) in [5, 5.41) is 0. The molecule has 0 N–H and O–H groups in total. The van der Waals surface area contributed by atoms with Crippen molar-refractivity contribution in [2.75, 3.05) is 0 Å². The fourth-order valence-electron chi connectivity index (χ4n) is 1.94. The molecule has 2 rings (SSSR count). The van der Waals surface area contributed by atoms with Gasteiger partial charge in [0.25, 0.3) is 0 Å². The van der Waals surface area contributed by atoms with Crippen LogP contribution in [-0.2, 0) is 0 Å². The molecule has 1 aliphatic carbocycles. The quantitative estimate of drug-likeness (QED) is 0.737. The number of ether oxygens (including phenoxy) is 1. The van der Waals surface area contributed by atoms with Gasteiger partial charge in [0.2, 0.25) is 0 Å². The summed E-state index contributed by atoms with van der Waals surface area (Å²) in [4.78, 5) is 10.9. The average Bonchev–Trinajstić information content (AvgIpc) is 2.40. The van der Waals surface area contributed by atoms with E-state index in [2.05, 4.69) is 19.1 Å². The molecule has 1 aliphatic rings. The Morgan fingerprint density at radius 2 is 2.18 bits per heavy atom. The van der Waals surface area contributed by atoms with Crippen molar-refractivity contribution in [3.63, 3.8) is 0 Å². The van der Waals surface area contributed by atoms with Gasteiger partial charge in [0.1, 0.15) is 11.4 Å². The van der Waals surface area contributed by atoms with Gasteiger partial charge in [-0.05, 0) is 24.6 Å². The molecular formula is C15H16O2. The van der Waals surface area contributed by atoms with Gasteiger partial charge in [-0.15, -0.1) is 0 Å². The molecule has 17 heavy (non-hydrogen) atoms. The van der Waals surface area contributed by atoms with E-state index in [1.807, 2.05) is 30.4 Å². The zero-order chi connectivity index (χ0) is 12.1. The van der Waals surface area contributed by atoms with Gasteiger partial charge in [-0.1, -0.05) is 37.3 Å². The van der Waals surface area contributed by atoms with Crippen LogP contribution >= 0.6 is 0 Å². The van der Waals surface area contributed by atoms with E-state index in [0.29, 0.717) is 11.3 Å². The third-order valence-electron chi connectivity index (χ3n) is 3.07. The monoisotopic (exact) mass is 228 g/mol. The molecule has 2 heteroatoms. The van der Waals surface area contributed by atoms with Crippen LogP contribution in [0.15, 0.2) is 48.6 Å². The smallest absolute Gasteiger partial charge is 0.153 e. The lowest BCUT2D eigenvalue weighted by Gasteiger charge is -2.31. The molecule has 88 valence electrons. The Labute approximate surface area is 102 Å². The number of carbonyl (C=O) groups is 1. The Balaban J connectivity index is 2.27.